The van der Waals surface area contributed by atoms with Gasteiger partial charge in [-0.3, -0.25) is 0 Å². The zero-order valence-electron chi connectivity index (χ0n) is 40.6. The van der Waals surface area contributed by atoms with Gasteiger partial charge in [-0.25, -0.2) is 9.97 Å². The predicted molar refractivity (Wildman–Crippen MR) is 293 cm³/mol. The van der Waals surface area contributed by atoms with Crippen LogP contribution in [0.15, 0.2) is 24.3 Å². The second-order valence-corrected chi connectivity index (χ2v) is 30.0. The van der Waals surface area contributed by atoms with Crippen LogP contribution in [0.1, 0.15) is 179 Å². The molecule has 344 valence electrons. The Hall–Kier alpha value is -1.46. The van der Waals surface area contributed by atoms with Crippen molar-refractivity contribution in [2.75, 3.05) is 0 Å². The molecule has 0 saturated carbocycles. The molecule has 7 heterocycles. The molecule has 1 aliphatic rings. The minimum Gasteiger partial charge on any atom is -0.222 e. The van der Waals surface area contributed by atoms with E-state index in [4.69, 9.17) is 9.97 Å². The van der Waals surface area contributed by atoms with Gasteiger partial charge < -0.3 is 0 Å². The molecular formula is C54H78N2S6Si. The van der Waals surface area contributed by atoms with Crippen LogP contribution in [0.2, 0.25) is 12.1 Å². The molecule has 4 unspecified atom stereocenters. The number of thiazole rings is 2. The van der Waals surface area contributed by atoms with Crippen molar-refractivity contribution in [3.63, 3.8) is 0 Å². The largest absolute Gasteiger partial charge is 0.222 e. The first-order valence-electron chi connectivity index (χ1n) is 25.4. The van der Waals surface area contributed by atoms with Crippen LogP contribution in [-0.4, -0.2) is 18.0 Å². The fourth-order valence-corrected chi connectivity index (χ4v) is 25.6. The lowest BCUT2D eigenvalue weighted by molar-refractivity contribution is 0.450. The van der Waals surface area contributed by atoms with E-state index in [1.807, 2.05) is 55.7 Å². The molecular weight excluding hydrogens is 897 g/mol. The van der Waals surface area contributed by atoms with E-state index >= 15 is 0 Å². The van der Waals surface area contributed by atoms with Gasteiger partial charge in [0, 0.05) is 29.3 Å². The number of nitrogens with zero attached hydrogens (tertiary/aromatic N) is 2. The summed E-state index contributed by atoms with van der Waals surface area (Å²) in [5, 5.41) is 5.99. The zero-order valence-corrected chi connectivity index (χ0v) is 46.5. The quantitative estimate of drug-likeness (QED) is 0.0481. The van der Waals surface area contributed by atoms with Crippen molar-refractivity contribution in [3.05, 3.63) is 45.1 Å². The molecule has 63 heavy (non-hydrogen) atoms. The maximum Gasteiger partial charge on any atom is 0.155 e. The minimum absolute atomic E-state index is 0.704. The fraction of sp³-hybridized carbons (Fsp3) is 0.630. The molecule has 0 aromatic carbocycles. The van der Waals surface area contributed by atoms with Crippen molar-refractivity contribution in [3.8, 4) is 39.3 Å². The van der Waals surface area contributed by atoms with Crippen LogP contribution in [0.4, 0.5) is 0 Å². The zero-order chi connectivity index (χ0) is 44.7. The van der Waals surface area contributed by atoms with Crippen molar-refractivity contribution in [2.24, 2.45) is 23.7 Å². The molecule has 2 nitrogen and oxygen atoms in total. The van der Waals surface area contributed by atoms with Gasteiger partial charge in [-0.2, -0.15) is 0 Å². The standard InChI is InChI=1S/C54H78N2S6Si/c1-11-19-23-37(15-5)29-41-27-35(9)57-47(41)51-55-53-54(61-51)56-52(62-53)48-42(30-38(16-6)24-20-12-2)31-43(59-48)44-32-46-50(60-44)49-45(28-36(10)58-49)63(46,33-39(17-7)25-21-13-3)34-40(18-8)26-22-14-4/h27-28,31-32,37-40H,11-26,29-30,33-34H2,1-10H3. The summed E-state index contributed by atoms with van der Waals surface area (Å²) in [7, 11) is -2.01. The Balaban J connectivity index is 1.29. The summed E-state index contributed by atoms with van der Waals surface area (Å²) in [4.78, 5) is 25.1. The van der Waals surface area contributed by atoms with Gasteiger partial charge in [0.2, 0.25) is 0 Å². The number of aryl methyl sites for hydroxylation is 2. The van der Waals surface area contributed by atoms with E-state index < -0.39 is 8.07 Å². The summed E-state index contributed by atoms with van der Waals surface area (Å²) in [6.07, 6.45) is 23.3. The Labute approximate surface area is 407 Å². The number of thiophene rings is 4. The van der Waals surface area contributed by atoms with Crippen molar-refractivity contribution in [1.82, 2.24) is 9.97 Å². The van der Waals surface area contributed by atoms with Gasteiger partial charge in [-0.15, -0.1) is 45.3 Å². The summed E-state index contributed by atoms with van der Waals surface area (Å²) >= 11 is 11.9. The average Bonchev–Trinajstić information content (AvgIpc) is 4.15. The highest BCUT2D eigenvalue weighted by molar-refractivity contribution is 7.34. The van der Waals surface area contributed by atoms with Gasteiger partial charge >= 0.3 is 0 Å². The normalized spacial score (nSPS) is 16.9. The Morgan fingerprint density at radius 3 is 1.35 bits per heavy atom. The minimum atomic E-state index is -2.01. The number of hydrogen-bond donors (Lipinski definition) is 0. The molecule has 1 aliphatic heterocycles. The lowest BCUT2D eigenvalue weighted by Crippen LogP contribution is -2.56. The molecule has 0 aliphatic carbocycles. The van der Waals surface area contributed by atoms with Gasteiger partial charge in [-0.05, 0) is 108 Å². The number of rotatable bonds is 27. The fourth-order valence-electron chi connectivity index (χ4n) is 10.7. The van der Waals surface area contributed by atoms with Crippen molar-refractivity contribution in [1.29, 1.82) is 0 Å². The molecule has 4 atom stereocenters. The van der Waals surface area contributed by atoms with Crippen LogP contribution >= 0.6 is 68.0 Å². The lowest BCUT2D eigenvalue weighted by Gasteiger charge is -2.35. The molecule has 0 radical (unpaired) electrons. The van der Waals surface area contributed by atoms with Crippen LogP contribution in [0, 0.1) is 37.5 Å². The lowest BCUT2D eigenvalue weighted by atomic mass is 9.92. The molecule has 0 N–H and O–H groups in total. The van der Waals surface area contributed by atoms with E-state index in [-0.39, 0.29) is 0 Å². The first kappa shape index (κ1) is 49.4. The third kappa shape index (κ3) is 11.1. The Bertz CT molecular complexity index is 2300. The molecule has 0 fully saturated rings. The molecule has 0 spiro atoms. The van der Waals surface area contributed by atoms with E-state index in [1.54, 1.807) is 9.75 Å². The summed E-state index contributed by atoms with van der Waals surface area (Å²) in [6, 6.07) is 13.4. The first-order valence-corrected chi connectivity index (χ1v) is 32.7. The van der Waals surface area contributed by atoms with E-state index in [1.165, 1.54) is 172 Å². The molecule has 0 bridgehead atoms. The number of unbranched alkanes of at least 4 members (excludes halogenated alkanes) is 4. The molecule has 6 aromatic rings. The van der Waals surface area contributed by atoms with Gasteiger partial charge in [0.15, 0.2) is 9.66 Å². The topological polar surface area (TPSA) is 25.8 Å². The Kier molecular flexibility index (Phi) is 18.1. The highest BCUT2D eigenvalue weighted by atomic mass is 32.1. The number of hydrogen-bond acceptors (Lipinski definition) is 8. The highest BCUT2D eigenvalue weighted by Gasteiger charge is 2.49. The molecule has 6 aromatic heterocycles. The van der Waals surface area contributed by atoms with Crippen LogP contribution < -0.4 is 10.4 Å². The Morgan fingerprint density at radius 1 is 0.444 bits per heavy atom. The molecule has 0 amide bonds. The number of fused-ring (bicyclic) bond motifs is 4. The molecule has 9 heteroatoms. The average molecular weight is 976 g/mol. The van der Waals surface area contributed by atoms with Crippen LogP contribution in [0.3, 0.4) is 0 Å². The second-order valence-electron chi connectivity index (χ2n) is 19.3. The van der Waals surface area contributed by atoms with E-state index in [0.29, 0.717) is 5.92 Å². The smallest absolute Gasteiger partial charge is 0.155 e. The van der Waals surface area contributed by atoms with Crippen LogP contribution in [-0.2, 0) is 12.8 Å². The van der Waals surface area contributed by atoms with E-state index in [9.17, 15) is 0 Å². The van der Waals surface area contributed by atoms with Crippen LogP contribution in [0.5, 0.6) is 0 Å². The Morgan fingerprint density at radius 2 is 0.841 bits per heavy atom. The number of aromatic nitrogens is 2. The third-order valence-electron chi connectivity index (χ3n) is 14.6. The van der Waals surface area contributed by atoms with Crippen molar-refractivity contribution < 1.29 is 0 Å². The van der Waals surface area contributed by atoms with Gasteiger partial charge in [0.1, 0.15) is 18.1 Å². The highest BCUT2D eigenvalue weighted by Crippen LogP contribution is 2.51. The van der Waals surface area contributed by atoms with Crippen molar-refractivity contribution in [2.45, 2.75) is 197 Å². The molecule has 7 rings (SSSR count). The maximum absolute atomic E-state index is 5.49. The predicted octanol–water partition coefficient (Wildman–Crippen LogP) is 19.1. The van der Waals surface area contributed by atoms with E-state index in [0.717, 1.165) is 33.8 Å². The maximum atomic E-state index is 5.49. The van der Waals surface area contributed by atoms with Gasteiger partial charge in [0.25, 0.3) is 0 Å². The SMILES string of the molecule is CCCCC(CC)Cc1cc(C)sc1-c1nc2sc(-c3sc(-c4cc5c(s4)-c4sc(C)cc4[Si]5(CC(CC)CCCC)CC(CC)CCCC)cc3CC(CC)CCCC)nc2s1. The van der Waals surface area contributed by atoms with Crippen molar-refractivity contribution >= 4 is 96.1 Å². The van der Waals surface area contributed by atoms with Gasteiger partial charge in [0.05, 0.1) is 9.75 Å². The monoisotopic (exact) mass is 974 g/mol. The summed E-state index contributed by atoms with van der Waals surface area (Å²) in [5.74, 6) is 3.09. The van der Waals surface area contributed by atoms with Gasteiger partial charge in [-0.1, -0.05) is 181 Å². The molecule has 0 saturated heterocycles. The second kappa shape index (κ2) is 23.0. The first-order chi connectivity index (χ1) is 30.6. The van der Waals surface area contributed by atoms with Crippen LogP contribution in [0.25, 0.3) is 48.9 Å². The third-order valence-corrected chi connectivity index (χ3v) is 27.5. The summed E-state index contributed by atoms with van der Waals surface area (Å²) in [5.41, 5.74) is 3.02. The summed E-state index contributed by atoms with van der Waals surface area (Å²) in [6.45, 7) is 23.8. The summed E-state index contributed by atoms with van der Waals surface area (Å²) < 4.78 is 0. The van der Waals surface area contributed by atoms with E-state index in [2.05, 4.69) is 116 Å².